The molecule has 1 N–H and O–H groups in total. The van der Waals surface area contributed by atoms with Crippen molar-refractivity contribution in [3.8, 4) is 0 Å². The molecule has 1 aromatic rings. The quantitative estimate of drug-likeness (QED) is 0.870. The van der Waals surface area contributed by atoms with Crippen LogP contribution in [0.1, 0.15) is 51.4 Å². The van der Waals surface area contributed by atoms with E-state index in [2.05, 4.69) is 44.1 Å². The molecule has 1 fully saturated rings. The van der Waals surface area contributed by atoms with Crippen molar-refractivity contribution >= 4 is 0 Å². The highest BCUT2D eigenvalue weighted by molar-refractivity contribution is 5.13. The summed E-state index contributed by atoms with van der Waals surface area (Å²) in [6.07, 6.45) is 5.95. The van der Waals surface area contributed by atoms with E-state index in [0.29, 0.717) is 0 Å². The Labute approximate surface area is 111 Å². The zero-order valence-electron chi connectivity index (χ0n) is 12.1. The molecule has 0 atom stereocenters. The second-order valence-electron chi connectivity index (χ2n) is 6.52. The molecule has 0 bridgehead atoms. The van der Waals surface area contributed by atoms with Gasteiger partial charge in [-0.25, -0.2) is 0 Å². The van der Waals surface area contributed by atoms with E-state index in [9.17, 15) is 0 Å². The smallest absolute Gasteiger partial charge is 0.118 e. The average molecular weight is 250 g/mol. The van der Waals surface area contributed by atoms with Crippen LogP contribution in [0, 0.1) is 0 Å². The molecule has 3 nitrogen and oxygen atoms in total. The van der Waals surface area contributed by atoms with Crippen LogP contribution in [0.2, 0.25) is 0 Å². The molecule has 0 aliphatic heterocycles. The second-order valence-corrected chi connectivity index (χ2v) is 6.52. The van der Waals surface area contributed by atoms with Crippen molar-refractivity contribution in [2.45, 2.75) is 64.7 Å². The third-order valence-corrected chi connectivity index (χ3v) is 3.63. The Morgan fingerprint density at radius 1 is 1.39 bits per heavy atom. The molecule has 0 radical (unpaired) electrons. The van der Waals surface area contributed by atoms with Gasteiger partial charge < -0.3 is 9.73 Å². The van der Waals surface area contributed by atoms with E-state index in [0.717, 1.165) is 24.9 Å². The van der Waals surface area contributed by atoms with Crippen LogP contribution >= 0.6 is 0 Å². The van der Waals surface area contributed by atoms with Crippen LogP contribution in [0.15, 0.2) is 16.7 Å². The Hall–Kier alpha value is -0.800. The van der Waals surface area contributed by atoms with Crippen molar-refractivity contribution in [2.75, 3.05) is 7.05 Å². The van der Waals surface area contributed by atoms with Crippen molar-refractivity contribution in [2.24, 2.45) is 0 Å². The van der Waals surface area contributed by atoms with E-state index in [1.165, 1.54) is 24.8 Å². The van der Waals surface area contributed by atoms with Crippen molar-refractivity contribution in [1.82, 2.24) is 10.2 Å². The molecular formula is C15H26N2O. The predicted octanol–water partition coefficient (Wildman–Crippen LogP) is 3.15. The van der Waals surface area contributed by atoms with Crippen LogP contribution in [0.3, 0.4) is 0 Å². The minimum absolute atomic E-state index is 0.153. The lowest BCUT2D eigenvalue weighted by molar-refractivity contribution is 0.143. The topological polar surface area (TPSA) is 28.4 Å². The summed E-state index contributed by atoms with van der Waals surface area (Å²) in [5, 5.41) is 3.48. The zero-order valence-corrected chi connectivity index (χ0v) is 12.1. The Morgan fingerprint density at radius 3 is 2.67 bits per heavy atom. The van der Waals surface area contributed by atoms with Crippen molar-refractivity contribution in [3.05, 3.63) is 23.7 Å². The lowest BCUT2D eigenvalue weighted by Gasteiger charge is -2.34. The van der Waals surface area contributed by atoms with E-state index in [1.807, 2.05) is 6.26 Å². The van der Waals surface area contributed by atoms with Crippen LogP contribution in [0.25, 0.3) is 0 Å². The first-order chi connectivity index (χ1) is 8.44. The van der Waals surface area contributed by atoms with Crippen LogP contribution < -0.4 is 5.32 Å². The second kappa shape index (κ2) is 5.45. The molecule has 1 aliphatic carbocycles. The average Bonchev–Trinajstić information content (AvgIpc) is 2.58. The first-order valence-electron chi connectivity index (χ1n) is 6.95. The molecule has 1 saturated carbocycles. The number of hydrogen-bond donors (Lipinski definition) is 1. The van der Waals surface area contributed by atoms with Gasteiger partial charge in [0.05, 0.1) is 12.8 Å². The molecule has 1 heterocycles. The SMILES string of the molecule is CN(Cc1cc(CNC(C)(C)C)co1)C1CCC1. The first kappa shape index (κ1) is 13.6. The van der Waals surface area contributed by atoms with Crippen LogP contribution in [-0.2, 0) is 13.1 Å². The van der Waals surface area contributed by atoms with Gasteiger partial charge in [0.25, 0.3) is 0 Å². The van der Waals surface area contributed by atoms with Gasteiger partial charge in [-0.15, -0.1) is 0 Å². The lowest BCUT2D eigenvalue weighted by Crippen LogP contribution is -2.36. The summed E-state index contributed by atoms with van der Waals surface area (Å²) in [7, 11) is 2.19. The Kier molecular flexibility index (Phi) is 4.13. The van der Waals surface area contributed by atoms with Crippen LogP contribution in [-0.4, -0.2) is 23.5 Å². The van der Waals surface area contributed by atoms with Crippen molar-refractivity contribution < 1.29 is 4.42 Å². The van der Waals surface area contributed by atoms with E-state index in [1.54, 1.807) is 0 Å². The van der Waals surface area contributed by atoms with Gasteiger partial charge in [0.2, 0.25) is 0 Å². The molecule has 0 spiro atoms. The third-order valence-electron chi connectivity index (χ3n) is 3.63. The van der Waals surface area contributed by atoms with Gasteiger partial charge in [-0.1, -0.05) is 6.42 Å². The van der Waals surface area contributed by atoms with Crippen molar-refractivity contribution in [1.29, 1.82) is 0 Å². The van der Waals surface area contributed by atoms with E-state index in [-0.39, 0.29) is 5.54 Å². The molecule has 0 aromatic carbocycles. The highest BCUT2D eigenvalue weighted by Gasteiger charge is 2.22. The minimum Gasteiger partial charge on any atom is -0.468 e. The maximum Gasteiger partial charge on any atom is 0.118 e. The molecule has 3 heteroatoms. The number of rotatable bonds is 5. The van der Waals surface area contributed by atoms with Crippen LogP contribution in [0.4, 0.5) is 0 Å². The number of nitrogens with one attached hydrogen (secondary N) is 1. The lowest BCUT2D eigenvalue weighted by atomic mass is 9.92. The van der Waals surface area contributed by atoms with Gasteiger partial charge in [0.1, 0.15) is 5.76 Å². The van der Waals surface area contributed by atoms with Gasteiger partial charge >= 0.3 is 0 Å². The van der Waals surface area contributed by atoms with Gasteiger partial charge in [0, 0.05) is 23.7 Å². The summed E-state index contributed by atoms with van der Waals surface area (Å²) >= 11 is 0. The summed E-state index contributed by atoms with van der Waals surface area (Å²) < 4.78 is 5.64. The predicted molar refractivity (Wildman–Crippen MR) is 74.4 cm³/mol. The normalized spacial score (nSPS) is 17.2. The maximum absolute atomic E-state index is 5.64. The summed E-state index contributed by atoms with van der Waals surface area (Å²) in [6, 6.07) is 2.94. The molecule has 2 rings (SSSR count). The number of furan rings is 1. The monoisotopic (exact) mass is 250 g/mol. The molecule has 1 aliphatic rings. The summed E-state index contributed by atoms with van der Waals surface area (Å²) in [4.78, 5) is 2.41. The van der Waals surface area contributed by atoms with E-state index < -0.39 is 0 Å². The minimum atomic E-state index is 0.153. The molecule has 0 unspecified atom stereocenters. The highest BCUT2D eigenvalue weighted by Crippen LogP contribution is 2.25. The summed E-state index contributed by atoms with van der Waals surface area (Å²) in [5.74, 6) is 1.08. The van der Waals surface area contributed by atoms with E-state index >= 15 is 0 Å². The fourth-order valence-corrected chi connectivity index (χ4v) is 2.17. The Bertz CT molecular complexity index is 374. The van der Waals surface area contributed by atoms with Gasteiger partial charge in [-0.2, -0.15) is 0 Å². The largest absolute Gasteiger partial charge is 0.468 e. The molecule has 102 valence electrons. The number of nitrogens with zero attached hydrogens (tertiary/aromatic N) is 1. The Morgan fingerprint density at radius 2 is 2.11 bits per heavy atom. The molecule has 0 amide bonds. The number of hydrogen-bond acceptors (Lipinski definition) is 3. The van der Waals surface area contributed by atoms with E-state index in [4.69, 9.17) is 4.42 Å². The molecule has 1 aromatic heterocycles. The maximum atomic E-state index is 5.64. The van der Waals surface area contributed by atoms with Gasteiger partial charge in [-0.3, -0.25) is 4.90 Å². The molecule has 18 heavy (non-hydrogen) atoms. The highest BCUT2D eigenvalue weighted by atomic mass is 16.3. The fraction of sp³-hybridized carbons (Fsp3) is 0.733. The van der Waals surface area contributed by atoms with Gasteiger partial charge in [-0.05, 0) is 46.7 Å². The fourth-order valence-electron chi connectivity index (χ4n) is 2.17. The summed E-state index contributed by atoms with van der Waals surface area (Å²) in [6.45, 7) is 8.34. The first-order valence-corrected chi connectivity index (χ1v) is 6.95. The van der Waals surface area contributed by atoms with Crippen molar-refractivity contribution in [3.63, 3.8) is 0 Å². The van der Waals surface area contributed by atoms with Gasteiger partial charge in [0.15, 0.2) is 0 Å². The summed E-state index contributed by atoms with van der Waals surface area (Å²) in [5.41, 5.74) is 1.39. The molecule has 0 saturated heterocycles. The van der Waals surface area contributed by atoms with Crippen LogP contribution in [0.5, 0.6) is 0 Å². The standard InChI is InChI=1S/C15H26N2O/c1-15(2,3)16-9-12-8-14(18-11-12)10-17(4)13-6-5-7-13/h8,11,13,16H,5-7,9-10H2,1-4H3. The third kappa shape index (κ3) is 3.85. The Balaban J connectivity index is 1.82. The molecular weight excluding hydrogens is 224 g/mol. The zero-order chi connectivity index (χ0) is 13.2.